The van der Waals surface area contributed by atoms with Crippen LogP contribution in [0.5, 0.6) is 5.75 Å². The first-order valence-corrected chi connectivity index (χ1v) is 8.24. The van der Waals surface area contributed by atoms with Gasteiger partial charge >= 0.3 is 12.1 Å². The molecule has 1 rings (SSSR count). The summed E-state index contributed by atoms with van der Waals surface area (Å²) in [6, 6.07) is 4.02. The van der Waals surface area contributed by atoms with Crippen molar-refractivity contribution in [2.24, 2.45) is 0 Å². The molecule has 0 amide bonds. The van der Waals surface area contributed by atoms with Gasteiger partial charge in [0.1, 0.15) is 11.3 Å². The van der Waals surface area contributed by atoms with Crippen LogP contribution in [0.3, 0.4) is 0 Å². The molecule has 132 valence electrons. The van der Waals surface area contributed by atoms with Crippen LogP contribution in [0.4, 0.5) is 4.79 Å². The first kappa shape index (κ1) is 19.7. The molecule has 0 saturated carbocycles. The van der Waals surface area contributed by atoms with Crippen molar-refractivity contribution in [3.63, 3.8) is 0 Å². The number of carbonyl (C=O) groups is 3. The second kappa shape index (κ2) is 10.4. The van der Waals surface area contributed by atoms with Crippen molar-refractivity contribution >= 4 is 17.9 Å². The monoisotopic (exact) mass is 336 g/mol. The van der Waals surface area contributed by atoms with Crippen LogP contribution in [-0.4, -0.2) is 29.6 Å². The Hall–Kier alpha value is -2.37. The Bertz CT molecular complexity index is 579. The molecule has 1 aromatic carbocycles. The number of unbranched alkanes of at least 4 members (excludes halogenated alkanes) is 4. The summed E-state index contributed by atoms with van der Waals surface area (Å²) >= 11 is 0. The van der Waals surface area contributed by atoms with Gasteiger partial charge in [0.05, 0.1) is 6.61 Å². The maximum atomic E-state index is 12.2. The van der Waals surface area contributed by atoms with E-state index < -0.39 is 12.1 Å². The molecular weight excluding hydrogens is 312 g/mol. The van der Waals surface area contributed by atoms with E-state index in [0.29, 0.717) is 12.0 Å². The first-order chi connectivity index (χ1) is 11.5. The number of ketones is 1. The third kappa shape index (κ3) is 6.40. The van der Waals surface area contributed by atoms with Crippen molar-refractivity contribution in [1.82, 2.24) is 0 Å². The Morgan fingerprint density at radius 2 is 1.75 bits per heavy atom. The molecule has 6 heteroatoms. The van der Waals surface area contributed by atoms with Crippen LogP contribution < -0.4 is 4.74 Å². The molecule has 0 radical (unpaired) electrons. The number of carbonyl (C=O) groups excluding carboxylic acids is 2. The van der Waals surface area contributed by atoms with Gasteiger partial charge in [0, 0.05) is 12.0 Å². The highest BCUT2D eigenvalue weighted by atomic mass is 16.7. The number of aromatic carboxylic acids is 1. The standard InChI is InChI=1S/C18H24O6/c1-3-5-6-7-8-9-15(19)13-10-11-16(14(12-13)17(20)21)24-18(22)23-4-2/h10-12H,3-9H2,1-2H3,(H,20,21). The van der Waals surface area contributed by atoms with Crippen LogP contribution in [0, 0.1) is 0 Å². The summed E-state index contributed by atoms with van der Waals surface area (Å²) in [6.45, 7) is 3.86. The minimum absolute atomic E-state index is 0.114. The molecule has 0 atom stereocenters. The summed E-state index contributed by atoms with van der Waals surface area (Å²) in [4.78, 5) is 34.8. The van der Waals surface area contributed by atoms with E-state index in [4.69, 9.17) is 4.74 Å². The van der Waals surface area contributed by atoms with Crippen LogP contribution in [0.1, 0.15) is 73.1 Å². The number of hydrogen-bond donors (Lipinski definition) is 1. The number of carboxylic acids is 1. The molecule has 0 aliphatic carbocycles. The lowest BCUT2D eigenvalue weighted by molar-refractivity contribution is 0.0690. The van der Waals surface area contributed by atoms with Gasteiger partial charge in [0.25, 0.3) is 0 Å². The molecular formula is C18H24O6. The summed E-state index contributed by atoms with van der Waals surface area (Å²) in [5, 5.41) is 9.24. The van der Waals surface area contributed by atoms with Crippen LogP contribution in [0.25, 0.3) is 0 Å². The lowest BCUT2D eigenvalue weighted by Gasteiger charge is -2.09. The molecule has 1 aromatic rings. The highest BCUT2D eigenvalue weighted by molar-refractivity contribution is 6.00. The summed E-state index contributed by atoms with van der Waals surface area (Å²) < 4.78 is 9.48. The van der Waals surface area contributed by atoms with Gasteiger partial charge in [-0.25, -0.2) is 9.59 Å². The smallest absolute Gasteiger partial charge is 0.478 e. The molecule has 0 aromatic heterocycles. The second-order valence-corrected chi connectivity index (χ2v) is 5.39. The van der Waals surface area contributed by atoms with Gasteiger partial charge in [-0.05, 0) is 31.5 Å². The number of benzene rings is 1. The summed E-state index contributed by atoms with van der Waals surface area (Å²) in [7, 11) is 0. The largest absolute Gasteiger partial charge is 0.513 e. The second-order valence-electron chi connectivity index (χ2n) is 5.39. The molecule has 0 saturated heterocycles. The number of Topliss-reactive ketones (excluding diaryl/α,β-unsaturated/α-hetero) is 1. The predicted molar refractivity (Wildman–Crippen MR) is 88.8 cm³/mol. The minimum atomic E-state index is -1.27. The van der Waals surface area contributed by atoms with Gasteiger partial charge in [-0.1, -0.05) is 32.6 Å². The van der Waals surface area contributed by atoms with Gasteiger partial charge in [-0.2, -0.15) is 0 Å². The average molecular weight is 336 g/mol. The maximum absolute atomic E-state index is 12.2. The zero-order valence-electron chi connectivity index (χ0n) is 14.2. The third-order valence-corrected chi connectivity index (χ3v) is 3.49. The lowest BCUT2D eigenvalue weighted by Crippen LogP contribution is -2.13. The van der Waals surface area contributed by atoms with Crippen LogP contribution in [-0.2, 0) is 4.74 Å². The molecule has 24 heavy (non-hydrogen) atoms. The van der Waals surface area contributed by atoms with Gasteiger partial charge in [-0.3, -0.25) is 4.79 Å². The van der Waals surface area contributed by atoms with Gasteiger partial charge < -0.3 is 14.6 Å². The van der Waals surface area contributed by atoms with E-state index in [1.807, 2.05) is 0 Å². The molecule has 1 N–H and O–H groups in total. The number of ether oxygens (including phenoxy) is 2. The van der Waals surface area contributed by atoms with E-state index in [9.17, 15) is 19.5 Å². The predicted octanol–water partition coefficient (Wildman–Crippen LogP) is 4.46. The van der Waals surface area contributed by atoms with Crippen molar-refractivity contribution < 1.29 is 29.0 Å². The zero-order chi connectivity index (χ0) is 17.9. The topological polar surface area (TPSA) is 89.9 Å². The fourth-order valence-corrected chi connectivity index (χ4v) is 2.23. The Balaban J connectivity index is 2.76. The average Bonchev–Trinajstić information content (AvgIpc) is 2.54. The Labute approximate surface area is 141 Å². The highest BCUT2D eigenvalue weighted by Gasteiger charge is 2.18. The molecule has 0 heterocycles. The van der Waals surface area contributed by atoms with Crippen LogP contribution >= 0.6 is 0 Å². The molecule has 0 fully saturated rings. The van der Waals surface area contributed by atoms with E-state index in [0.717, 1.165) is 32.1 Å². The van der Waals surface area contributed by atoms with Gasteiger partial charge in [-0.15, -0.1) is 0 Å². The fraction of sp³-hybridized carbons (Fsp3) is 0.500. The van der Waals surface area contributed by atoms with E-state index in [-0.39, 0.29) is 23.7 Å². The summed E-state index contributed by atoms with van der Waals surface area (Å²) in [5.41, 5.74) is 0.0685. The number of carboxylic acid groups (broad SMARTS) is 1. The molecule has 0 bridgehead atoms. The lowest BCUT2D eigenvalue weighted by atomic mass is 10.0. The third-order valence-electron chi connectivity index (χ3n) is 3.49. The van der Waals surface area contributed by atoms with Crippen molar-refractivity contribution in [1.29, 1.82) is 0 Å². The molecule has 0 unspecified atom stereocenters. The highest BCUT2D eigenvalue weighted by Crippen LogP contribution is 2.22. The van der Waals surface area contributed by atoms with E-state index in [1.54, 1.807) is 6.92 Å². The van der Waals surface area contributed by atoms with Crippen molar-refractivity contribution in [2.75, 3.05) is 6.61 Å². The Kier molecular flexibility index (Phi) is 8.54. The number of hydrogen-bond acceptors (Lipinski definition) is 5. The summed E-state index contributed by atoms with van der Waals surface area (Å²) in [5.74, 6) is -1.52. The Morgan fingerprint density at radius 1 is 1.04 bits per heavy atom. The van der Waals surface area contributed by atoms with Crippen molar-refractivity contribution in [2.45, 2.75) is 52.4 Å². The van der Waals surface area contributed by atoms with E-state index in [1.165, 1.54) is 18.2 Å². The SMILES string of the molecule is CCCCCCCC(=O)c1ccc(OC(=O)OCC)c(C(=O)O)c1. The van der Waals surface area contributed by atoms with Gasteiger partial charge in [0.2, 0.25) is 0 Å². The Morgan fingerprint density at radius 3 is 2.38 bits per heavy atom. The van der Waals surface area contributed by atoms with E-state index in [2.05, 4.69) is 11.7 Å². The van der Waals surface area contributed by atoms with Crippen LogP contribution in [0.15, 0.2) is 18.2 Å². The molecule has 0 spiro atoms. The molecule has 0 aliphatic rings. The normalized spacial score (nSPS) is 10.2. The van der Waals surface area contributed by atoms with Crippen molar-refractivity contribution in [3.8, 4) is 5.75 Å². The fourth-order valence-electron chi connectivity index (χ4n) is 2.23. The molecule has 6 nitrogen and oxygen atoms in total. The van der Waals surface area contributed by atoms with Crippen molar-refractivity contribution in [3.05, 3.63) is 29.3 Å². The van der Waals surface area contributed by atoms with Gasteiger partial charge in [0.15, 0.2) is 5.78 Å². The first-order valence-electron chi connectivity index (χ1n) is 8.24. The number of rotatable bonds is 10. The summed E-state index contributed by atoms with van der Waals surface area (Å²) in [6.07, 6.45) is 4.54. The maximum Gasteiger partial charge on any atom is 0.513 e. The van der Waals surface area contributed by atoms with E-state index >= 15 is 0 Å². The quantitative estimate of drug-likeness (QED) is 0.293. The zero-order valence-corrected chi connectivity index (χ0v) is 14.2. The minimum Gasteiger partial charge on any atom is -0.478 e. The molecule has 0 aliphatic heterocycles. The van der Waals surface area contributed by atoms with Crippen LogP contribution in [0.2, 0.25) is 0 Å².